The Kier molecular flexibility index (Phi) is 14.7. The highest BCUT2D eigenvalue weighted by atomic mass is 19.4. The summed E-state index contributed by atoms with van der Waals surface area (Å²) in [4.78, 5) is 8.12. The summed E-state index contributed by atoms with van der Waals surface area (Å²) in [5.74, 6) is -49.4. The molecule has 2 rings (SSSR count). The predicted molar refractivity (Wildman–Crippen MR) is 148 cm³/mol. The molecule has 0 spiro atoms. The van der Waals surface area contributed by atoms with E-state index < -0.39 is 78.5 Å². The molecule has 0 amide bonds. The van der Waals surface area contributed by atoms with Gasteiger partial charge < -0.3 is 4.74 Å². The van der Waals surface area contributed by atoms with Crippen molar-refractivity contribution < 1.29 is 115 Å². The van der Waals surface area contributed by atoms with Crippen molar-refractivity contribution in [1.82, 2.24) is 9.97 Å². The SMILES string of the molecule is CCCCCCCCc1cnc(-c2ccc(OCC(F)(F)C(F)(F)C(F)(F)OC(F)(F)C(F)(F)C(F)(F)C(F)(F)OC(F)(F)C(F)(F)C(F)(F)C(F)(F)F)cc2)nc1. The van der Waals surface area contributed by atoms with Crippen LogP contribution in [0.5, 0.6) is 5.75 Å². The molecule has 5 nitrogen and oxygen atoms in total. The van der Waals surface area contributed by atoms with Crippen molar-refractivity contribution in [2.75, 3.05) is 6.61 Å². The second-order valence-electron chi connectivity index (χ2n) is 12.1. The second kappa shape index (κ2) is 16.8. The summed E-state index contributed by atoms with van der Waals surface area (Å²) >= 11 is 0. The summed E-state index contributed by atoms with van der Waals surface area (Å²) in [5.41, 5.74) is 0.846. The highest BCUT2D eigenvalue weighted by molar-refractivity contribution is 5.55. The first kappa shape index (κ1) is 50.6. The van der Waals surface area contributed by atoms with Gasteiger partial charge in [-0.3, -0.25) is 0 Å². The molecule has 1 aromatic carbocycles. The molecule has 0 N–H and O–H groups in total. The number of unbranched alkanes of at least 4 members (excludes halogenated alkanes) is 5. The van der Waals surface area contributed by atoms with Crippen LogP contribution in [-0.4, -0.2) is 82.7 Å². The fraction of sp³-hybridized carbons (Fsp3) is 0.667. The normalized spacial score (nSPS) is 14.9. The summed E-state index contributed by atoms with van der Waals surface area (Å²) in [5, 5.41) is 0. The van der Waals surface area contributed by atoms with Crippen LogP contribution >= 0.6 is 0 Å². The van der Waals surface area contributed by atoms with E-state index in [2.05, 4.69) is 14.7 Å². The number of hydrogen-bond donors (Lipinski definition) is 0. The van der Waals surface area contributed by atoms with E-state index in [-0.39, 0.29) is 11.4 Å². The van der Waals surface area contributed by atoms with Crippen LogP contribution in [0.25, 0.3) is 11.4 Å². The summed E-state index contributed by atoms with van der Waals surface area (Å²) in [7, 11) is 0. The van der Waals surface area contributed by atoms with E-state index in [1.807, 2.05) is 6.92 Å². The van der Waals surface area contributed by atoms with Crippen molar-refractivity contribution in [3.05, 3.63) is 42.2 Å². The first-order chi connectivity index (χ1) is 25.9. The Morgan fingerprint density at radius 1 is 0.466 bits per heavy atom. The third-order valence-electron chi connectivity index (χ3n) is 7.64. The fourth-order valence-electron chi connectivity index (χ4n) is 4.22. The molecule has 58 heavy (non-hydrogen) atoms. The van der Waals surface area contributed by atoms with Crippen LogP contribution < -0.4 is 4.74 Å². The number of aryl methyl sites for hydroxylation is 1. The maximum Gasteiger partial charge on any atom is 0.460 e. The lowest BCUT2D eigenvalue weighted by Gasteiger charge is -2.40. The molecule has 2 aromatic rings. The van der Waals surface area contributed by atoms with Crippen molar-refractivity contribution >= 4 is 0 Å². The van der Waals surface area contributed by atoms with E-state index in [4.69, 9.17) is 0 Å². The maximum absolute atomic E-state index is 14.2. The third-order valence-corrected chi connectivity index (χ3v) is 7.64. The van der Waals surface area contributed by atoms with Crippen molar-refractivity contribution in [2.45, 2.75) is 118 Å². The molecule has 0 saturated carbocycles. The van der Waals surface area contributed by atoms with Crippen LogP contribution in [0, 0.1) is 0 Å². The Labute approximate surface area is 309 Å². The Bertz CT molecular complexity index is 1630. The average molecular weight is 898 g/mol. The number of hydrogen-bond acceptors (Lipinski definition) is 5. The van der Waals surface area contributed by atoms with Gasteiger partial charge in [0.2, 0.25) is 0 Å². The van der Waals surface area contributed by atoms with Crippen molar-refractivity contribution in [3.63, 3.8) is 0 Å². The number of rotatable bonds is 22. The minimum absolute atomic E-state index is 0.00850. The Morgan fingerprint density at radius 2 is 0.845 bits per heavy atom. The highest BCUT2D eigenvalue weighted by Crippen LogP contribution is 2.60. The molecule has 0 aliphatic rings. The largest absolute Gasteiger partial charge is 0.487 e. The molecule has 0 unspecified atom stereocenters. The van der Waals surface area contributed by atoms with Crippen LogP contribution in [-0.2, 0) is 15.9 Å². The Hall–Kier alpha value is -3.59. The standard InChI is InChI=1S/C30H25F23N2O3/c1-2-3-4-5-6-7-8-16-13-54-19(55-14-16)17-9-11-18(12-10-17)56-15-20(31,32)21(33,34)27(46,47)57-29(50,51)24(39,40)25(41,42)30(52,53)58-28(48,49)23(37,38)22(35,36)26(43,44)45/h9-14H,2-8,15H2,1H3. The lowest BCUT2D eigenvalue weighted by molar-refractivity contribution is -0.543. The van der Waals surface area contributed by atoms with E-state index in [9.17, 15) is 101 Å². The Morgan fingerprint density at radius 3 is 1.26 bits per heavy atom. The van der Waals surface area contributed by atoms with E-state index in [0.717, 1.165) is 61.0 Å². The molecule has 0 atom stereocenters. The van der Waals surface area contributed by atoms with Crippen LogP contribution in [0.2, 0.25) is 0 Å². The zero-order valence-electron chi connectivity index (χ0n) is 28.4. The number of benzene rings is 1. The van der Waals surface area contributed by atoms with Gasteiger partial charge in [-0.2, -0.15) is 101 Å². The first-order valence-corrected chi connectivity index (χ1v) is 15.7. The number of halogens is 23. The van der Waals surface area contributed by atoms with E-state index in [0.29, 0.717) is 18.6 Å². The maximum atomic E-state index is 14.2. The summed E-state index contributed by atoms with van der Waals surface area (Å²) < 4.78 is 317. The molecule has 334 valence electrons. The van der Waals surface area contributed by atoms with Gasteiger partial charge in [0.05, 0.1) is 0 Å². The summed E-state index contributed by atoms with van der Waals surface area (Å²) in [6.45, 7) is -0.968. The molecule has 0 aliphatic carbocycles. The number of ether oxygens (including phenoxy) is 3. The molecule has 0 aliphatic heterocycles. The van der Waals surface area contributed by atoms with Crippen molar-refractivity contribution in [2.24, 2.45) is 0 Å². The number of aromatic nitrogens is 2. The number of alkyl halides is 23. The molecular weight excluding hydrogens is 873 g/mol. The smallest absolute Gasteiger partial charge is 0.460 e. The van der Waals surface area contributed by atoms with Crippen LogP contribution in [0.1, 0.15) is 51.0 Å². The van der Waals surface area contributed by atoms with Gasteiger partial charge in [0.1, 0.15) is 5.75 Å². The van der Waals surface area contributed by atoms with E-state index in [1.165, 1.54) is 17.1 Å². The van der Waals surface area contributed by atoms with Gasteiger partial charge in [0.15, 0.2) is 12.4 Å². The van der Waals surface area contributed by atoms with Crippen LogP contribution in [0.4, 0.5) is 101 Å². The Balaban J connectivity index is 2.21. The fourth-order valence-corrected chi connectivity index (χ4v) is 4.22. The molecule has 1 aromatic heterocycles. The molecule has 0 radical (unpaired) electrons. The molecule has 1 heterocycles. The molecule has 28 heteroatoms. The van der Waals surface area contributed by atoms with E-state index in [1.54, 1.807) is 0 Å². The average Bonchev–Trinajstić information content (AvgIpc) is 3.07. The summed E-state index contributed by atoms with van der Waals surface area (Å²) in [6, 6.07) is 3.39. The quantitative estimate of drug-likeness (QED) is 0.0870. The zero-order chi connectivity index (χ0) is 45.2. The predicted octanol–water partition coefficient (Wildman–Crippen LogP) is 12.2. The highest BCUT2D eigenvalue weighted by Gasteiger charge is 2.90. The molecular formula is C30H25F23N2O3. The topological polar surface area (TPSA) is 53.5 Å². The van der Waals surface area contributed by atoms with Gasteiger partial charge in [0.25, 0.3) is 0 Å². The van der Waals surface area contributed by atoms with Gasteiger partial charge in [-0.25, -0.2) is 19.4 Å². The molecule has 0 saturated heterocycles. The van der Waals surface area contributed by atoms with Crippen LogP contribution in [0.15, 0.2) is 36.7 Å². The monoisotopic (exact) mass is 898 g/mol. The van der Waals surface area contributed by atoms with Gasteiger partial charge in [-0.1, -0.05) is 39.0 Å². The first-order valence-electron chi connectivity index (χ1n) is 15.7. The van der Waals surface area contributed by atoms with E-state index >= 15 is 0 Å². The summed E-state index contributed by atoms with van der Waals surface area (Å²) in [6.07, 6.45) is -31.7. The minimum Gasteiger partial charge on any atom is -0.487 e. The van der Waals surface area contributed by atoms with Crippen LogP contribution in [0.3, 0.4) is 0 Å². The van der Waals surface area contributed by atoms with Gasteiger partial charge in [-0.05, 0) is 42.7 Å². The molecule has 0 fully saturated rings. The third kappa shape index (κ3) is 9.88. The van der Waals surface area contributed by atoms with Crippen molar-refractivity contribution in [1.29, 1.82) is 0 Å². The van der Waals surface area contributed by atoms with Gasteiger partial charge in [-0.15, -0.1) is 0 Å². The lowest BCUT2D eigenvalue weighted by atomic mass is 10.1. The van der Waals surface area contributed by atoms with Gasteiger partial charge in [0, 0.05) is 18.0 Å². The second-order valence-corrected chi connectivity index (χ2v) is 12.1. The molecule has 0 bridgehead atoms. The minimum atomic E-state index is -8.82. The zero-order valence-corrected chi connectivity index (χ0v) is 28.4. The lowest BCUT2D eigenvalue weighted by Crippen LogP contribution is -2.69. The van der Waals surface area contributed by atoms with Crippen molar-refractivity contribution in [3.8, 4) is 17.1 Å². The van der Waals surface area contributed by atoms with Gasteiger partial charge >= 0.3 is 66.1 Å². The number of nitrogens with zero attached hydrogens (tertiary/aromatic N) is 2.